The molecule has 0 bridgehead atoms. The molecule has 0 aliphatic heterocycles. The summed E-state index contributed by atoms with van der Waals surface area (Å²) < 4.78 is 0. The van der Waals surface area contributed by atoms with Crippen molar-refractivity contribution in [3.8, 4) is 0 Å². The van der Waals surface area contributed by atoms with E-state index in [9.17, 15) is 0 Å². The number of hydrogen-bond donors (Lipinski definition) is 1. The lowest BCUT2D eigenvalue weighted by Crippen LogP contribution is -2.42. The van der Waals surface area contributed by atoms with Crippen LogP contribution in [0.15, 0.2) is 18.2 Å². The summed E-state index contributed by atoms with van der Waals surface area (Å²) in [6.45, 7) is 0.692. The molecule has 0 heterocycles. The maximum Gasteiger partial charge on any atom is 0.0464 e. The van der Waals surface area contributed by atoms with Gasteiger partial charge in [-0.3, -0.25) is 0 Å². The summed E-state index contributed by atoms with van der Waals surface area (Å²) in [5.41, 5.74) is 8.54. The maximum atomic E-state index is 6.37. The van der Waals surface area contributed by atoms with Crippen molar-refractivity contribution in [2.24, 2.45) is 5.73 Å². The normalized spacial score (nSPS) is 18.0. The van der Waals surface area contributed by atoms with Gasteiger partial charge in [0.05, 0.1) is 0 Å². The van der Waals surface area contributed by atoms with Crippen molar-refractivity contribution < 1.29 is 0 Å². The van der Waals surface area contributed by atoms with E-state index in [1.165, 1.54) is 17.7 Å². The highest BCUT2D eigenvalue weighted by molar-refractivity contribution is 6.32. The Morgan fingerprint density at radius 2 is 2.06 bits per heavy atom. The van der Waals surface area contributed by atoms with Crippen LogP contribution < -0.4 is 10.6 Å². The van der Waals surface area contributed by atoms with E-state index in [0.717, 1.165) is 17.9 Å². The van der Waals surface area contributed by atoms with Gasteiger partial charge < -0.3 is 10.6 Å². The minimum atomic E-state index is 0.123. The number of anilines is 1. The first-order chi connectivity index (χ1) is 7.60. The van der Waals surface area contributed by atoms with Crippen molar-refractivity contribution in [2.45, 2.75) is 24.7 Å². The Hall–Kier alpha value is -0.730. The molecule has 3 heteroatoms. The van der Waals surface area contributed by atoms with Gasteiger partial charge in [-0.2, -0.15) is 0 Å². The zero-order chi connectivity index (χ0) is 11.8. The molecule has 0 unspecified atom stereocenters. The van der Waals surface area contributed by atoms with Gasteiger partial charge in [-0.15, -0.1) is 0 Å². The summed E-state index contributed by atoms with van der Waals surface area (Å²) in [4.78, 5) is 2.12. The van der Waals surface area contributed by atoms with Gasteiger partial charge in [0.1, 0.15) is 0 Å². The van der Waals surface area contributed by atoms with Gasteiger partial charge in [0, 0.05) is 42.3 Å². The molecular weight excluding hydrogens is 220 g/mol. The number of halogens is 1. The van der Waals surface area contributed by atoms with Crippen LogP contribution >= 0.6 is 11.6 Å². The fraction of sp³-hybridized carbons (Fsp3) is 0.538. The lowest BCUT2D eigenvalue weighted by Gasteiger charge is -2.43. The van der Waals surface area contributed by atoms with E-state index < -0.39 is 0 Å². The Morgan fingerprint density at radius 3 is 2.50 bits per heavy atom. The number of nitrogens with zero attached hydrogens (tertiary/aromatic N) is 1. The first kappa shape index (κ1) is 11.7. The molecule has 88 valence electrons. The first-order valence-electron chi connectivity index (χ1n) is 5.77. The molecule has 0 aromatic heterocycles. The third-order valence-corrected chi connectivity index (χ3v) is 4.02. The molecule has 16 heavy (non-hydrogen) atoms. The molecule has 1 aromatic carbocycles. The Bertz CT molecular complexity index is 378. The van der Waals surface area contributed by atoms with Crippen LogP contribution in [0.3, 0.4) is 0 Å². The number of hydrogen-bond acceptors (Lipinski definition) is 2. The van der Waals surface area contributed by atoms with E-state index in [1.807, 2.05) is 12.1 Å². The molecule has 1 fully saturated rings. The number of benzene rings is 1. The average Bonchev–Trinajstić information content (AvgIpc) is 2.19. The van der Waals surface area contributed by atoms with E-state index in [2.05, 4.69) is 25.1 Å². The molecule has 0 radical (unpaired) electrons. The second kappa shape index (κ2) is 4.27. The van der Waals surface area contributed by atoms with Crippen LogP contribution in [-0.2, 0) is 5.41 Å². The number of rotatable bonds is 3. The van der Waals surface area contributed by atoms with Gasteiger partial charge in [0.2, 0.25) is 0 Å². The second-order valence-electron chi connectivity index (χ2n) is 4.87. The molecule has 0 amide bonds. The third kappa shape index (κ3) is 1.70. The topological polar surface area (TPSA) is 29.3 Å². The van der Waals surface area contributed by atoms with Gasteiger partial charge in [0.25, 0.3) is 0 Å². The van der Waals surface area contributed by atoms with Crippen molar-refractivity contribution in [1.82, 2.24) is 0 Å². The molecule has 1 aliphatic rings. The Balaban J connectivity index is 2.53. The van der Waals surface area contributed by atoms with E-state index in [1.54, 1.807) is 0 Å². The lowest BCUT2D eigenvalue weighted by molar-refractivity contribution is 0.253. The van der Waals surface area contributed by atoms with Crippen LogP contribution in [0.25, 0.3) is 0 Å². The van der Waals surface area contributed by atoms with Crippen LogP contribution in [-0.4, -0.2) is 20.6 Å². The van der Waals surface area contributed by atoms with Crippen LogP contribution in [0.5, 0.6) is 0 Å². The minimum Gasteiger partial charge on any atom is -0.377 e. The van der Waals surface area contributed by atoms with Gasteiger partial charge in [-0.05, 0) is 25.0 Å². The van der Waals surface area contributed by atoms with Crippen molar-refractivity contribution in [3.63, 3.8) is 0 Å². The Morgan fingerprint density at radius 1 is 1.38 bits per heavy atom. The van der Waals surface area contributed by atoms with Gasteiger partial charge in [0.15, 0.2) is 0 Å². The molecule has 1 saturated carbocycles. The molecule has 1 aliphatic carbocycles. The van der Waals surface area contributed by atoms with Crippen LogP contribution in [0.1, 0.15) is 24.8 Å². The molecule has 2 N–H and O–H groups in total. The molecule has 2 nitrogen and oxygen atoms in total. The second-order valence-corrected chi connectivity index (χ2v) is 5.27. The first-order valence-corrected chi connectivity index (χ1v) is 6.15. The van der Waals surface area contributed by atoms with Crippen molar-refractivity contribution in [3.05, 3.63) is 28.8 Å². The molecule has 0 spiro atoms. The average molecular weight is 239 g/mol. The highest BCUT2D eigenvalue weighted by atomic mass is 35.5. The van der Waals surface area contributed by atoms with E-state index in [4.69, 9.17) is 17.3 Å². The third-order valence-electron chi connectivity index (χ3n) is 3.71. The molecule has 0 atom stereocenters. The quantitative estimate of drug-likeness (QED) is 0.878. The van der Waals surface area contributed by atoms with Crippen molar-refractivity contribution in [2.75, 3.05) is 25.5 Å². The smallest absolute Gasteiger partial charge is 0.0464 e. The van der Waals surface area contributed by atoms with E-state index in [-0.39, 0.29) is 5.41 Å². The lowest BCUT2D eigenvalue weighted by atomic mass is 9.64. The summed E-state index contributed by atoms with van der Waals surface area (Å²) in [6, 6.07) is 6.10. The largest absolute Gasteiger partial charge is 0.377 e. The summed E-state index contributed by atoms with van der Waals surface area (Å²) in [5.74, 6) is 0. The zero-order valence-corrected chi connectivity index (χ0v) is 10.7. The van der Waals surface area contributed by atoms with Crippen LogP contribution in [0.2, 0.25) is 5.02 Å². The van der Waals surface area contributed by atoms with Gasteiger partial charge >= 0.3 is 0 Å². The molecule has 2 rings (SSSR count). The Kier molecular flexibility index (Phi) is 3.13. The van der Waals surface area contributed by atoms with Crippen LogP contribution in [0.4, 0.5) is 5.69 Å². The van der Waals surface area contributed by atoms with Gasteiger partial charge in [-0.1, -0.05) is 24.1 Å². The minimum absolute atomic E-state index is 0.123. The predicted molar refractivity (Wildman–Crippen MR) is 70.4 cm³/mol. The van der Waals surface area contributed by atoms with Crippen molar-refractivity contribution in [1.29, 1.82) is 0 Å². The molecule has 1 aromatic rings. The van der Waals surface area contributed by atoms with E-state index in [0.29, 0.717) is 6.54 Å². The summed E-state index contributed by atoms with van der Waals surface area (Å²) in [5, 5.41) is 0.858. The van der Waals surface area contributed by atoms with E-state index >= 15 is 0 Å². The maximum absolute atomic E-state index is 6.37. The molecular formula is C13H19ClN2. The SMILES string of the molecule is CN(C)c1cccc(Cl)c1C1(CN)CCC1. The standard InChI is InChI=1S/C13H19ClN2/c1-16(2)11-6-3-5-10(14)12(11)13(9-15)7-4-8-13/h3,5-6H,4,7-9,15H2,1-2H3. The zero-order valence-electron chi connectivity index (χ0n) is 9.96. The Labute approximate surface area is 102 Å². The number of nitrogens with two attached hydrogens (primary N) is 1. The fourth-order valence-corrected chi connectivity index (χ4v) is 2.94. The summed E-state index contributed by atoms with van der Waals surface area (Å²) >= 11 is 6.37. The monoisotopic (exact) mass is 238 g/mol. The van der Waals surface area contributed by atoms with Crippen molar-refractivity contribution >= 4 is 17.3 Å². The highest BCUT2D eigenvalue weighted by Gasteiger charge is 2.40. The fourth-order valence-electron chi connectivity index (χ4n) is 2.57. The van der Waals surface area contributed by atoms with Gasteiger partial charge in [-0.25, -0.2) is 0 Å². The summed E-state index contributed by atoms with van der Waals surface area (Å²) in [7, 11) is 4.11. The highest BCUT2D eigenvalue weighted by Crippen LogP contribution is 2.48. The molecule has 0 saturated heterocycles. The van der Waals surface area contributed by atoms with Crippen LogP contribution in [0, 0.1) is 0 Å². The summed E-state index contributed by atoms with van der Waals surface area (Å²) in [6.07, 6.45) is 3.58. The predicted octanol–water partition coefficient (Wildman–Crippen LogP) is 2.79.